The Balaban J connectivity index is -0.0000000921. The Bertz CT molecular complexity index is 255. The van der Waals surface area contributed by atoms with Crippen LogP contribution in [0.5, 0.6) is 11.5 Å². The first-order valence-electron chi connectivity index (χ1n) is 3.09. The van der Waals surface area contributed by atoms with Crippen LogP contribution in [0.2, 0.25) is 0 Å². The zero-order valence-corrected chi connectivity index (χ0v) is 9.31. The molecule has 0 heterocycles. The topological polar surface area (TPSA) is 110 Å². The molecule has 0 bridgehead atoms. The number of para-hydroxylation sites is 1. The smallest absolute Gasteiger partial charge is 0.907 e. The number of halogens is 1. The summed E-state index contributed by atoms with van der Waals surface area (Å²) >= 11 is 0. The number of phenolic OH excluding ortho intramolecular Hbond substituents is 2. The van der Waals surface area contributed by atoms with Gasteiger partial charge in [-0.15, -0.1) is 0 Å². The number of phenols is 2. The maximum absolute atomic E-state index is 12.2. The molecule has 0 radical (unpaired) electrons. The number of rotatable bonds is 0. The predicted octanol–water partition coefficient (Wildman–Crippen LogP) is -11.7. The van der Waals surface area contributed by atoms with Crippen molar-refractivity contribution in [1.29, 1.82) is 0 Å². The Morgan fingerprint density at radius 2 is 1.38 bits per heavy atom. The third-order valence-electron chi connectivity index (χ3n) is 0.965. The van der Waals surface area contributed by atoms with Gasteiger partial charge in [0.05, 0.1) is 0 Å². The fourth-order valence-corrected chi connectivity index (χ4v) is 0.504. The van der Waals surface area contributed by atoms with Crippen molar-refractivity contribution in [3.05, 3.63) is 24.0 Å². The summed E-state index contributed by atoms with van der Waals surface area (Å²) in [7, 11) is -2.92. The van der Waals surface area contributed by atoms with Gasteiger partial charge in [-0.2, -0.15) is 0 Å². The second kappa shape index (κ2) is 13.6. The first kappa shape index (κ1) is 25.4. The Morgan fingerprint density at radius 1 is 1.00 bits per heavy atom. The van der Waals surface area contributed by atoms with E-state index in [2.05, 4.69) is 0 Å². The first-order chi connectivity index (χ1) is 5.95. The molecule has 72 valence electrons. The quantitative estimate of drug-likeness (QED) is 0.324. The Hall–Kier alpha value is 0.487. The zero-order valence-electron chi connectivity index (χ0n) is 9.31. The van der Waals surface area contributed by atoms with Crippen molar-refractivity contribution in [2.75, 3.05) is 0 Å². The van der Waals surface area contributed by atoms with Gasteiger partial charge in [0.15, 0.2) is 17.3 Å². The Labute approximate surface area is 128 Å². The molecule has 16 heavy (non-hydrogen) atoms. The average molecular weight is 208 g/mol. The molecule has 0 aliphatic carbocycles. The van der Waals surface area contributed by atoms with Crippen LogP contribution in [0.25, 0.3) is 0 Å². The Kier molecular flexibility index (Phi) is 21.5. The van der Waals surface area contributed by atoms with E-state index in [1.165, 1.54) is 12.1 Å². The van der Waals surface area contributed by atoms with Crippen LogP contribution >= 0.6 is 0 Å². The molecule has 0 unspecified atom stereocenters. The van der Waals surface area contributed by atoms with E-state index >= 15 is 0 Å². The third-order valence-corrected chi connectivity index (χ3v) is 0.965. The molecule has 1 aromatic carbocycles. The molecule has 0 aromatic heterocycles. The fourth-order valence-electron chi connectivity index (χ4n) is 0.504. The van der Waals surface area contributed by atoms with Crippen molar-refractivity contribution in [2.24, 2.45) is 0 Å². The van der Waals surface area contributed by atoms with Crippen molar-refractivity contribution >= 4 is 7.32 Å². The number of aromatic hydroxyl groups is 2. The SMILES string of the molecule is Oc1cccc(F)c1O.[Li+].[Li+].[Li+].[O-]B([O-])[O-]. The summed E-state index contributed by atoms with van der Waals surface area (Å²) in [5.74, 6) is -1.94. The van der Waals surface area contributed by atoms with Gasteiger partial charge < -0.3 is 25.3 Å². The van der Waals surface area contributed by atoms with Gasteiger partial charge in [-0.3, -0.25) is 7.32 Å². The summed E-state index contributed by atoms with van der Waals surface area (Å²) in [6.07, 6.45) is 0. The van der Waals surface area contributed by atoms with Crippen LogP contribution in [0.1, 0.15) is 0 Å². The second-order valence-electron chi connectivity index (χ2n) is 1.90. The average Bonchev–Trinajstić information content (AvgIpc) is 1.99. The second-order valence-corrected chi connectivity index (χ2v) is 1.90. The van der Waals surface area contributed by atoms with Crippen LogP contribution in [-0.4, -0.2) is 17.5 Å². The predicted molar refractivity (Wildman–Crippen MR) is 35.5 cm³/mol. The molecule has 0 saturated heterocycles. The summed E-state index contributed by atoms with van der Waals surface area (Å²) in [5, 5.41) is 42.4. The van der Waals surface area contributed by atoms with E-state index in [0.717, 1.165) is 6.07 Å². The number of benzene rings is 1. The van der Waals surface area contributed by atoms with Crippen molar-refractivity contribution in [2.45, 2.75) is 0 Å². The molecular weight excluding hydrogens is 203 g/mol. The largest absolute Gasteiger partial charge is 1.00 e. The summed E-state index contributed by atoms with van der Waals surface area (Å²) in [4.78, 5) is 0. The van der Waals surface area contributed by atoms with E-state index in [0.29, 0.717) is 0 Å². The molecule has 2 N–H and O–H groups in total. The normalized spacial score (nSPS) is 7.00. The third kappa shape index (κ3) is 12.6. The molecule has 1 rings (SSSR count). The maximum Gasteiger partial charge on any atom is 1.00 e. The summed E-state index contributed by atoms with van der Waals surface area (Å²) < 4.78 is 12.2. The van der Waals surface area contributed by atoms with E-state index in [1.807, 2.05) is 0 Å². The number of hydrogen-bond acceptors (Lipinski definition) is 5. The van der Waals surface area contributed by atoms with Crippen LogP contribution < -0.4 is 71.7 Å². The summed E-state index contributed by atoms with van der Waals surface area (Å²) in [6, 6.07) is 3.58. The molecule has 0 aliphatic heterocycles. The monoisotopic (exact) mass is 208 g/mol. The van der Waals surface area contributed by atoms with Gasteiger partial charge in [-0.05, 0) is 12.1 Å². The number of hydrogen-bond donors (Lipinski definition) is 2. The molecule has 0 saturated carbocycles. The van der Waals surface area contributed by atoms with E-state index in [4.69, 9.17) is 25.3 Å². The molecule has 0 fully saturated rings. The summed E-state index contributed by atoms with van der Waals surface area (Å²) in [5.41, 5.74) is 0. The van der Waals surface area contributed by atoms with Gasteiger partial charge in [0, 0.05) is 0 Å². The van der Waals surface area contributed by atoms with Crippen molar-refractivity contribution < 1.29 is 86.3 Å². The van der Waals surface area contributed by atoms with Crippen LogP contribution in [0, 0.1) is 5.82 Å². The van der Waals surface area contributed by atoms with Crippen LogP contribution in [0.3, 0.4) is 0 Å². The summed E-state index contributed by atoms with van der Waals surface area (Å²) in [6.45, 7) is 0. The van der Waals surface area contributed by atoms with E-state index < -0.39 is 24.6 Å². The molecule has 1 aromatic rings. The fraction of sp³-hybridized carbons (Fsp3) is 0. The van der Waals surface area contributed by atoms with Gasteiger partial charge >= 0.3 is 56.6 Å². The standard InChI is InChI=1S/C6H5FO2.BO3.3Li/c7-4-2-1-3-5(8)6(4)9;2-1(3)4;;;/h1-3,8-9H;;;;/q;-3;3*+1. The Morgan fingerprint density at radius 3 is 1.62 bits per heavy atom. The molecule has 0 amide bonds. The van der Waals surface area contributed by atoms with Crippen LogP contribution in [-0.2, 0) is 0 Å². The minimum absolute atomic E-state index is 0. The molecule has 5 nitrogen and oxygen atoms in total. The van der Waals surface area contributed by atoms with Gasteiger partial charge in [-0.1, -0.05) is 6.07 Å². The first-order valence-corrected chi connectivity index (χ1v) is 3.09. The van der Waals surface area contributed by atoms with Crippen LogP contribution in [0.4, 0.5) is 4.39 Å². The minimum atomic E-state index is -2.92. The van der Waals surface area contributed by atoms with Gasteiger partial charge in [-0.25, -0.2) is 4.39 Å². The molecule has 0 aliphatic rings. The van der Waals surface area contributed by atoms with Gasteiger partial charge in [0.25, 0.3) is 0 Å². The van der Waals surface area contributed by atoms with Crippen molar-refractivity contribution in [3.8, 4) is 11.5 Å². The van der Waals surface area contributed by atoms with E-state index in [1.54, 1.807) is 0 Å². The molecular formula is C6H5BFLi3O5. The van der Waals surface area contributed by atoms with E-state index in [-0.39, 0.29) is 56.6 Å². The molecule has 0 spiro atoms. The van der Waals surface area contributed by atoms with Gasteiger partial charge in [0.1, 0.15) is 0 Å². The van der Waals surface area contributed by atoms with E-state index in [9.17, 15) is 4.39 Å². The molecule has 10 heteroatoms. The van der Waals surface area contributed by atoms with Crippen LogP contribution in [0.15, 0.2) is 18.2 Å². The van der Waals surface area contributed by atoms with Crippen molar-refractivity contribution in [3.63, 3.8) is 0 Å². The van der Waals surface area contributed by atoms with Crippen molar-refractivity contribution in [1.82, 2.24) is 0 Å². The minimum Gasteiger partial charge on any atom is -0.907 e. The van der Waals surface area contributed by atoms with Gasteiger partial charge in [0.2, 0.25) is 0 Å². The molecule has 0 atom stereocenters. The zero-order chi connectivity index (χ0) is 10.4. The maximum atomic E-state index is 12.2.